The zero-order valence-corrected chi connectivity index (χ0v) is 24.9. The molecule has 0 bridgehead atoms. The highest BCUT2D eigenvalue weighted by atomic mass is 32.2. The predicted molar refractivity (Wildman–Crippen MR) is 151 cm³/mol. The molecule has 1 fully saturated rings. The Morgan fingerprint density at radius 3 is 2.27 bits per heavy atom. The normalized spacial score (nSPS) is 16.0. The average molecular weight is 607 g/mol. The summed E-state index contributed by atoms with van der Waals surface area (Å²) in [6.07, 6.45) is 0.512. The first-order chi connectivity index (χ1) is 19.5. The number of ether oxygens (including phenoxy) is 2. The van der Waals surface area contributed by atoms with Crippen LogP contribution in [0.4, 0.5) is 14.6 Å². The minimum absolute atomic E-state index is 0.0710. The lowest BCUT2D eigenvalue weighted by atomic mass is 10.0. The molecule has 1 saturated heterocycles. The largest absolute Gasteiger partial charge is 0.450 e. The first-order valence-corrected chi connectivity index (χ1v) is 15.8. The van der Waals surface area contributed by atoms with Crippen LogP contribution in [0, 0.1) is 5.92 Å². The van der Waals surface area contributed by atoms with Gasteiger partial charge in [0.1, 0.15) is 5.00 Å². The fourth-order valence-corrected chi connectivity index (χ4v) is 7.48. The molecule has 14 heteroatoms. The molecule has 2 aromatic rings. The van der Waals surface area contributed by atoms with Crippen molar-refractivity contribution in [3.63, 3.8) is 0 Å². The fourth-order valence-electron chi connectivity index (χ4n) is 4.75. The molecular weight excluding hydrogens is 572 g/mol. The highest BCUT2D eigenvalue weighted by Gasteiger charge is 2.32. The van der Waals surface area contributed by atoms with Crippen LogP contribution in [0.25, 0.3) is 0 Å². The number of nitrogens with one attached hydrogen (secondary N) is 2. The van der Waals surface area contributed by atoms with Gasteiger partial charge in [-0.2, -0.15) is 4.31 Å². The van der Waals surface area contributed by atoms with Crippen molar-refractivity contribution >= 4 is 50.4 Å². The maximum absolute atomic E-state index is 13.2. The summed E-state index contributed by atoms with van der Waals surface area (Å²) in [6, 6.07) is 5.63. The van der Waals surface area contributed by atoms with Gasteiger partial charge in [-0.25, -0.2) is 18.0 Å². The molecule has 12 nitrogen and oxygen atoms in total. The van der Waals surface area contributed by atoms with E-state index in [1.54, 1.807) is 13.8 Å². The first kappa shape index (κ1) is 30.5. The Bertz CT molecular complexity index is 1410. The number of hydrogen-bond acceptors (Lipinski definition) is 9. The van der Waals surface area contributed by atoms with Crippen LogP contribution in [0.2, 0.25) is 0 Å². The first-order valence-electron chi connectivity index (χ1n) is 13.5. The molecule has 0 spiro atoms. The van der Waals surface area contributed by atoms with Gasteiger partial charge in [0.15, 0.2) is 0 Å². The third-order valence-electron chi connectivity index (χ3n) is 7.02. The molecule has 0 saturated carbocycles. The quantitative estimate of drug-likeness (QED) is 0.483. The molecule has 2 N–H and O–H groups in total. The van der Waals surface area contributed by atoms with Gasteiger partial charge in [-0.05, 0) is 68.9 Å². The number of alkyl carbamates (subject to hydrolysis) is 1. The molecule has 0 atom stereocenters. The number of rotatable bonds is 7. The monoisotopic (exact) mass is 606 g/mol. The summed E-state index contributed by atoms with van der Waals surface area (Å²) >= 11 is 1.12. The number of imide groups is 1. The zero-order valence-electron chi connectivity index (χ0n) is 23.2. The second kappa shape index (κ2) is 13.0. The topological polar surface area (TPSA) is 151 Å². The van der Waals surface area contributed by atoms with Gasteiger partial charge in [0, 0.05) is 30.1 Å². The number of anilines is 1. The second-order valence-corrected chi connectivity index (χ2v) is 12.9. The van der Waals surface area contributed by atoms with Crippen molar-refractivity contribution in [1.82, 2.24) is 14.5 Å². The van der Waals surface area contributed by atoms with Crippen molar-refractivity contribution in [2.24, 2.45) is 5.92 Å². The van der Waals surface area contributed by atoms with Crippen molar-refractivity contribution in [3.8, 4) is 0 Å². The van der Waals surface area contributed by atoms with Gasteiger partial charge in [0.2, 0.25) is 10.0 Å². The number of hydrogen-bond donors (Lipinski definition) is 2. The molecule has 0 aliphatic carbocycles. The van der Waals surface area contributed by atoms with E-state index >= 15 is 0 Å². The second-order valence-electron chi connectivity index (χ2n) is 9.82. The molecule has 222 valence electrons. The third-order valence-corrected chi connectivity index (χ3v) is 10.1. The lowest BCUT2D eigenvalue weighted by Crippen LogP contribution is -2.37. The van der Waals surface area contributed by atoms with Crippen molar-refractivity contribution < 1.29 is 37.1 Å². The van der Waals surface area contributed by atoms with Gasteiger partial charge in [-0.3, -0.25) is 14.9 Å². The Kier molecular flexibility index (Phi) is 9.66. The minimum Gasteiger partial charge on any atom is -0.450 e. The standard InChI is InChI=1S/C27H34N4O8S2/c1-4-38-26(34)29-24(33)22-20-12-13-30(27(35)39-5-2)16-21(20)40-25(22)28-23(32)18-6-8-19(9-7-18)41(36,37)31-14-10-17(3)11-15-31/h6-9,17H,4-5,10-16H2,1-3H3,(H,28,32)(H,29,33,34). The summed E-state index contributed by atoms with van der Waals surface area (Å²) in [5.41, 5.74) is 0.922. The Labute approximate surface area is 243 Å². The van der Waals surface area contributed by atoms with E-state index in [2.05, 4.69) is 17.6 Å². The Morgan fingerprint density at radius 2 is 1.63 bits per heavy atom. The maximum atomic E-state index is 13.2. The average Bonchev–Trinajstić information content (AvgIpc) is 3.30. The van der Waals surface area contributed by atoms with Gasteiger partial charge in [0.05, 0.1) is 30.2 Å². The fraction of sp³-hybridized carbons (Fsp3) is 0.481. The summed E-state index contributed by atoms with van der Waals surface area (Å²) in [7, 11) is -3.68. The van der Waals surface area contributed by atoms with Crippen molar-refractivity contribution in [1.29, 1.82) is 0 Å². The summed E-state index contributed by atoms with van der Waals surface area (Å²) in [5.74, 6) is -0.821. The van der Waals surface area contributed by atoms with E-state index in [1.165, 1.54) is 33.5 Å². The smallest absolute Gasteiger partial charge is 0.414 e. The molecule has 1 aromatic carbocycles. The van der Waals surface area contributed by atoms with Crippen molar-refractivity contribution in [3.05, 3.63) is 45.8 Å². The molecule has 4 rings (SSSR count). The third kappa shape index (κ3) is 6.88. The number of carbonyl (C=O) groups excluding carboxylic acids is 4. The SMILES string of the molecule is CCOC(=O)NC(=O)c1c(NC(=O)c2ccc(S(=O)(=O)N3CCC(C)CC3)cc2)sc2c1CCN(C(=O)OCC)C2. The van der Waals surface area contributed by atoms with E-state index in [-0.39, 0.29) is 40.8 Å². The summed E-state index contributed by atoms with van der Waals surface area (Å²) in [4.78, 5) is 52.8. The van der Waals surface area contributed by atoms with Crippen LogP contribution in [-0.4, -0.2) is 74.5 Å². The van der Waals surface area contributed by atoms with Crippen LogP contribution < -0.4 is 10.6 Å². The molecule has 1 aromatic heterocycles. The van der Waals surface area contributed by atoms with Crippen molar-refractivity contribution in [2.45, 2.75) is 51.5 Å². The number of fused-ring (bicyclic) bond motifs is 1. The zero-order chi connectivity index (χ0) is 29.7. The molecule has 0 unspecified atom stereocenters. The van der Waals surface area contributed by atoms with Crippen LogP contribution in [0.1, 0.15) is 64.8 Å². The number of carbonyl (C=O) groups is 4. The number of sulfonamides is 1. The highest BCUT2D eigenvalue weighted by Crippen LogP contribution is 2.38. The van der Waals surface area contributed by atoms with E-state index in [1.807, 2.05) is 0 Å². The Hall–Kier alpha value is -3.49. The molecular formula is C27H34N4O8S2. The van der Waals surface area contributed by atoms with E-state index < -0.39 is 34.0 Å². The lowest BCUT2D eigenvalue weighted by Gasteiger charge is -2.29. The van der Waals surface area contributed by atoms with Crippen LogP contribution in [0.3, 0.4) is 0 Å². The Morgan fingerprint density at radius 1 is 0.976 bits per heavy atom. The van der Waals surface area contributed by atoms with Crippen molar-refractivity contribution in [2.75, 3.05) is 38.2 Å². The predicted octanol–water partition coefficient (Wildman–Crippen LogP) is 3.82. The van der Waals surface area contributed by atoms with Gasteiger partial charge in [-0.1, -0.05) is 6.92 Å². The number of nitrogens with zero attached hydrogens (tertiary/aromatic N) is 2. The minimum atomic E-state index is -3.68. The molecule has 2 aliphatic rings. The summed E-state index contributed by atoms with van der Waals surface area (Å²) < 4.78 is 37.5. The molecule has 0 radical (unpaired) electrons. The van der Waals surface area contributed by atoms with Crippen LogP contribution >= 0.6 is 11.3 Å². The number of amides is 4. The molecule has 2 aliphatic heterocycles. The van der Waals surface area contributed by atoms with Crippen LogP contribution in [0.15, 0.2) is 29.2 Å². The van der Waals surface area contributed by atoms with Gasteiger partial charge in [0.25, 0.3) is 11.8 Å². The van der Waals surface area contributed by atoms with Crippen LogP contribution in [0.5, 0.6) is 0 Å². The highest BCUT2D eigenvalue weighted by molar-refractivity contribution is 7.89. The lowest BCUT2D eigenvalue weighted by molar-refractivity contribution is 0.0924. The Balaban J connectivity index is 1.56. The molecule has 3 heterocycles. The van der Waals surface area contributed by atoms with Gasteiger partial charge < -0.3 is 19.7 Å². The van der Waals surface area contributed by atoms with E-state index in [0.29, 0.717) is 42.4 Å². The number of piperidine rings is 1. The maximum Gasteiger partial charge on any atom is 0.414 e. The van der Waals surface area contributed by atoms with E-state index in [0.717, 1.165) is 24.2 Å². The van der Waals surface area contributed by atoms with Gasteiger partial charge in [-0.15, -0.1) is 11.3 Å². The summed E-state index contributed by atoms with van der Waals surface area (Å²) in [6.45, 7) is 7.09. The van der Waals surface area contributed by atoms with Crippen LogP contribution in [-0.2, 0) is 32.5 Å². The van der Waals surface area contributed by atoms with Gasteiger partial charge >= 0.3 is 12.2 Å². The molecule has 4 amide bonds. The summed E-state index contributed by atoms with van der Waals surface area (Å²) in [5, 5.41) is 5.12. The van der Waals surface area contributed by atoms with E-state index in [4.69, 9.17) is 9.47 Å². The number of benzene rings is 1. The number of thiophene rings is 1. The molecule has 41 heavy (non-hydrogen) atoms. The van der Waals surface area contributed by atoms with E-state index in [9.17, 15) is 27.6 Å².